The van der Waals surface area contributed by atoms with E-state index in [4.69, 9.17) is 4.74 Å². The van der Waals surface area contributed by atoms with Crippen molar-refractivity contribution in [3.8, 4) is 0 Å². The summed E-state index contributed by atoms with van der Waals surface area (Å²) >= 11 is 0. The summed E-state index contributed by atoms with van der Waals surface area (Å²) in [5, 5.41) is 0. The van der Waals surface area contributed by atoms with E-state index in [0.717, 1.165) is 5.56 Å². The molecule has 1 rings (SSSR count). The molecule has 0 spiro atoms. The molecular formula is C14H18O3. The number of methoxy groups -OCH3 is 1. The third-order valence-corrected chi connectivity index (χ3v) is 2.22. The van der Waals surface area contributed by atoms with Crippen molar-refractivity contribution in [2.45, 2.75) is 12.8 Å². The molecule has 0 amide bonds. The average molecular weight is 234 g/mol. The maximum absolute atomic E-state index is 10.8. The quantitative estimate of drug-likeness (QED) is 0.537. The highest BCUT2D eigenvalue weighted by Crippen LogP contribution is 2.00. The van der Waals surface area contributed by atoms with Crippen molar-refractivity contribution in [1.29, 1.82) is 0 Å². The molecule has 0 aromatic heterocycles. The van der Waals surface area contributed by atoms with Crippen LogP contribution in [-0.4, -0.2) is 26.3 Å². The number of rotatable bonds is 7. The topological polar surface area (TPSA) is 35.5 Å². The number of ether oxygens (including phenoxy) is 2. The molecule has 0 fully saturated rings. The molecule has 17 heavy (non-hydrogen) atoms. The van der Waals surface area contributed by atoms with Crippen molar-refractivity contribution >= 4 is 12.0 Å². The van der Waals surface area contributed by atoms with E-state index in [0.29, 0.717) is 26.1 Å². The normalized spacial score (nSPS) is 10.6. The number of carbonyl (C=O) groups excluding carboxylic acids is 1. The first kappa shape index (κ1) is 13.5. The zero-order valence-electron chi connectivity index (χ0n) is 10.1. The average Bonchev–Trinajstić information content (AvgIpc) is 2.38. The lowest BCUT2D eigenvalue weighted by molar-refractivity contribution is -0.140. The molecule has 0 saturated heterocycles. The Labute approximate surface area is 102 Å². The Morgan fingerprint density at radius 3 is 2.76 bits per heavy atom. The third kappa shape index (κ3) is 6.53. The van der Waals surface area contributed by atoms with Crippen molar-refractivity contribution in [2.24, 2.45) is 0 Å². The lowest BCUT2D eigenvalue weighted by Gasteiger charge is -2.00. The van der Waals surface area contributed by atoms with Gasteiger partial charge in [-0.05, 0) is 12.0 Å². The third-order valence-electron chi connectivity index (χ3n) is 2.22. The molecule has 3 heteroatoms. The van der Waals surface area contributed by atoms with Crippen LogP contribution in [0.2, 0.25) is 0 Å². The molecule has 0 bridgehead atoms. The predicted octanol–water partition coefficient (Wildman–Crippen LogP) is 2.67. The summed E-state index contributed by atoms with van der Waals surface area (Å²) in [5.74, 6) is -0.187. The van der Waals surface area contributed by atoms with Crippen LogP contribution in [0.4, 0.5) is 0 Å². The van der Waals surface area contributed by atoms with E-state index in [1.807, 2.05) is 42.5 Å². The van der Waals surface area contributed by atoms with E-state index < -0.39 is 0 Å². The Balaban J connectivity index is 2.05. The van der Waals surface area contributed by atoms with E-state index in [1.54, 1.807) is 0 Å². The summed E-state index contributed by atoms with van der Waals surface area (Å²) < 4.78 is 9.88. The summed E-state index contributed by atoms with van der Waals surface area (Å²) in [6.45, 7) is 1.14. The fourth-order valence-electron chi connectivity index (χ4n) is 1.32. The maximum Gasteiger partial charge on any atom is 0.305 e. The van der Waals surface area contributed by atoms with Crippen molar-refractivity contribution < 1.29 is 14.3 Å². The summed E-state index contributed by atoms with van der Waals surface area (Å²) in [7, 11) is 1.39. The highest BCUT2D eigenvalue weighted by atomic mass is 16.5. The molecular weight excluding hydrogens is 216 g/mol. The van der Waals surface area contributed by atoms with Crippen molar-refractivity contribution in [3.05, 3.63) is 42.0 Å². The SMILES string of the molecule is COC(=O)CCCOC/C=C/c1ccccc1. The molecule has 3 nitrogen and oxygen atoms in total. The second-order valence-corrected chi connectivity index (χ2v) is 3.57. The van der Waals surface area contributed by atoms with Gasteiger partial charge in [0.1, 0.15) is 0 Å². The monoisotopic (exact) mass is 234 g/mol. The highest BCUT2D eigenvalue weighted by Gasteiger charge is 1.98. The van der Waals surface area contributed by atoms with Gasteiger partial charge in [-0.2, -0.15) is 0 Å². The minimum atomic E-state index is -0.187. The van der Waals surface area contributed by atoms with Crippen LogP contribution in [0, 0.1) is 0 Å². The van der Waals surface area contributed by atoms with Gasteiger partial charge in [0, 0.05) is 13.0 Å². The van der Waals surface area contributed by atoms with Gasteiger partial charge < -0.3 is 9.47 Å². The predicted molar refractivity (Wildman–Crippen MR) is 67.5 cm³/mol. The van der Waals surface area contributed by atoms with Crippen molar-refractivity contribution in [2.75, 3.05) is 20.3 Å². The van der Waals surface area contributed by atoms with Gasteiger partial charge in [-0.25, -0.2) is 0 Å². The van der Waals surface area contributed by atoms with Gasteiger partial charge in [-0.3, -0.25) is 4.79 Å². The van der Waals surface area contributed by atoms with Crippen LogP contribution in [0.3, 0.4) is 0 Å². The van der Waals surface area contributed by atoms with Crippen LogP contribution in [0.1, 0.15) is 18.4 Å². The highest BCUT2D eigenvalue weighted by molar-refractivity contribution is 5.68. The minimum absolute atomic E-state index is 0.187. The molecule has 0 aliphatic rings. The zero-order valence-corrected chi connectivity index (χ0v) is 10.1. The van der Waals surface area contributed by atoms with Crippen LogP contribution in [0.25, 0.3) is 6.08 Å². The number of carbonyl (C=O) groups is 1. The first-order valence-corrected chi connectivity index (χ1v) is 5.69. The van der Waals surface area contributed by atoms with Crippen LogP contribution >= 0.6 is 0 Å². The maximum atomic E-state index is 10.8. The standard InChI is InChI=1S/C14H18O3/c1-16-14(15)10-6-12-17-11-5-9-13-7-3-2-4-8-13/h2-5,7-9H,6,10-12H2,1H3/b9-5+. The van der Waals surface area contributed by atoms with Gasteiger partial charge in [0.2, 0.25) is 0 Å². The second-order valence-electron chi connectivity index (χ2n) is 3.57. The van der Waals surface area contributed by atoms with Crippen LogP contribution in [0.5, 0.6) is 0 Å². The number of esters is 1. The van der Waals surface area contributed by atoms with E-state index >= 15 is 0 Å². The van der Waals surface area contributed by atoms with Gasteiger partial charge in [0.25, 0.3) is 0 Å². The van der Waals surface area contributed by atoms with Gasteiger partial charge >= 0.3 is 5.97 Å². The summed E-state index contributed by atoms with van der Waals surface area (Å²) in [5.41, 5.74) is 1.16. The molecule has 0 aliphatic heterocycles. The Morgan fingerprint density at radius 1 is 1.29 bits per heavy atom. The molecule has 1 aromatic carbocycles. The van der Waals surface area contributed by atoms with Gasteiger partial charge in [-0.15, -0.1) is 0 Å². The van der Waals surface area contributed by atoms with E-state index in [2.05, 4.69) is 4.74 Å². The van der Waals surface area contributed by atoms with Gasteiger partial charge in [0.05, 0.1) is 13.7 Å². The minimum Gasteiger partial charge on any atom is -0.469 e. The van der Waals surface area contributed by atoms with E-state index in [-0.39, 0.29) is 5.97 Å². The van der Waals surface area contributed by atoms with Crippen molar-refractivity contribution in [3.63, 3.8) is 0 Å². The first-order chi connectivity index (χ1) is 8.33. The van der Waals surface area contributed by atoms with E-state index in [9.17, 15) is 4.79 Å². The zero-order chi connectivity index (χ0) is 12.3. The molecule has 0 radical (unpaired) electrons. The first-order valence-electron chi connectivity index (χ1n) is 5.69. The van der Waals surface area contributed by atoms with Crippen LogP contribution < -0.4 is 0 Å². The summed E-state index contributed by atoms with van der Waals surface area (Å²) in [4.78, 5) is 10.8. The molecule has 0 saturated carbocycles. The number of benzene rings is 1. The number of hydrogen-bond acceptors (Lipinski definition) is 3. The Kier molecular flexibility index (Phi) is 6.75. The molecule has 92 valence electrons. The molecule has 0 N–H and O–H groups in total. The molecule has 0 heterocycles. The Morgan fingerprint density at radius 2 is 2.06 bits per heavy atom. The largest absolute Gasteiger partial charge is 0.469 e. The van der Waals surface area contributed by atoms with Crippen LogP contribution in [0.15, 0.2) is 36.4 Å². The number of hydrogen-bond donors (Lipinski definition) is 0. The lowest BCUT2D eigenvalue weighted by atomic mass is 10.2. The Hall–Kier alpha value is -1.61. The van der Waals surface area contributed by atoms with Gasteiger partial charge in [-0.1, -0.05) is 42.5 Å². The molecule has 0 unspecified atom stereocenters. The second kappa shape index (κ2) is 8.53. The van der Waals surface area contributed by atoms with E-state index in [1.165, 1.54) is 7.11 Å². The smallest absolute Gasteiger partial charge is 0.305 e. The molecule has 0 aliphatic carbocycles. The molecule has 0 atom stereocenters. The lowest BCUT2D eigenvalue weighted by Crippen LogP contribution is -2.03. The summed E-state index contributed by atoms with van der Waals surface area (Å²) in [6, 6.07) is 10.1. The Bertz CT molecular complexity index is 344. The summed E-state index contributed by atoms with van der Waals surface area (Å²) in [6.07, 6.45) is 5.10. The fraction of sp³-hybridized carbons (Fsp3) is 0.357. The van der Waals surface area contributed by atoms with Gasteiger partial charge in [0.15, 0.2) is 0 Å². The fourth-order valence-corrected chi connectivity index (χ4v) is 1.32. The van der Waals surface area contributed by atoms with Crippen molar-refractivity contribution in [1.82, 2.24) is 0 Å². The van der Waals surface area contributed by atoms with Crippen LogP contribution in [-0.2, 0) is 14.3 Å². The molecule has 1 aromatic rings.